The zero-order valence-corrected chi connectivity index (χ0v) is 13.1. The monoisotopic (exact) mass is 303 g/mol. The van der Waals surface area contributed by atoms with Gasteiger partial charge < -0.3 is 4.90 Å². The lowest BCUT2D eigenvalue weighted by molar-refractivity contribution is 0.175. The average Bonchev–Trinajstić information content (AvgIpc) is 2.91. The lowest BCUT2D eigenvalue weighted by atomic mass is 10.3. The molecule has 0 spiro atoms. The lowest BCUT2D eigenvalue weighted by Crippen LogP contribution is -2.49. The fourth-order valence-electron chi connectivity index (χ4n) is 2.07. The van der Waals surface area contributed by atoms with Crippen LogP contribution in [-0.4, -0.2) is 75.9 Å². The first-order valence-corrected chi connectivity index (χ1v) is 8.73. The highest BCUT2D eigenvalue weighted by Crippen LogP contribution is 2.21. The second kappa shape index (κ2) is 6.32. The van der Waals surface area contributed by atoms with Gasteiger partial charge in [-0.3, -0.25) is 4.90 Å². The highest BCUT2D eigenvalue weighted by atomic mass is 32.2. The summed E-state index contributed by atoms with van der Waals surface area (Å²) >= 11 is 1.29. The maximum absolute atomic E-state index is 12.3. The molecule has 0 amide bonds. The van der Waals surface area contributed by atoms with E-state index < -0.39 is 10.0 Å². The summed E-state index contributed by atoms with van der Waals surface area (Å²) in [5, 5.41) is 1.81. The third kappa shape index (κ3) is 3.76. The first-order valence-electron chi connectivity index (χ1n) is 6.41. The van der Waals surface area contributed by atoms with Crippen LogP contribution in [0, 0.1) is 0 Å². The molecule has 0 unspecified atom stereocenters. The van der Waals surface area contributed by atoms with Gasteiger partial charge in [0, 0.05) is 39.3 Å². The van der Waals surface area contributed by atoms with Gasteiger partial charge in [0.05, 0.1) is 0 Å². The number of thiophene rings is 1. The Morgan fingerprint density at radius 3 is 2.47 bits per heavy atom. The van der Waals surface area contributed by atoms with Crippen molar-refractivity contribution in [3.8, 4) is 0 Å². The van der Waals surface area contributed by atoms with Crippen molar-refractivity contribution in [2.45, 2.75) is 4.21 Å². The van der Waals surface area contributed by atoms with Gasteiger partial charge in [0.1, 0.15) is 4.21 Å². The third-order valence-electron chi connectivity index (χ3n) is 3.28. The lowest BCUT2D eigenvalue weighted by Gasteiger charge is -2.34. The van der Waals surface area contributed by atoms with E-state index in [1.807, 2.05) is 0 Å². The quantitative estimate of drug-likeness (QED) is 0.800. The van der Waals surface area contributed by atoms with E-state index in [9.17, 15) is 8.42 Å². The fourth-order valence-corrected chi connectivity index (χ4v) is 4.64. The number of piperazine rings is 1. The number of nitrogens with zero attached hydrogens (tertiary/aromatic N) is 3. The molecule has 1 saturated heterocycles. The SMILES string of the molecule is CN(C)CCN1CCN(S(=O)(=O)c2cccs2)CC1. The number of hydrogen-bond donors (Lipinski definition) is 0. The van der Waals surface area contributed by atoms with Crippen molar-refractivity contribution >= 4 is 21.4 Å². The van der Waals surface area contributed by atoms with E-state index in [4.69, 9.17) is 0 Å². The molecule has 0 atom stereocenters. The van der Waals surface area contributed by atoms with Gasteiger partial charge in [-0.1, -0.05) is 6.07 Å². The van der Waals surface area contributed by atoms with Crippen molar-refractivity contribution < 1.29 is 8.42 Å². The van der Waals surface area contributed by atoms with E-state index in [0.29, 0.717) is 17.3 Å². The topological polar surface area (TPSA) is 43.9 Å². The van der Waals surface area contributed by atoms with E-state index in [-0.39, 0.29) is 0 Å². The molecule has 7 heteroatoms. The Morgan fingerprint density at radius 2 is 1.95 bits per heavy atom. The summed E-state index contributed by atoms with van der Waals surface area (Å²) in [5.74, 6) is 0. The summed E-state index contributed by atoms with van der Waals surface area (Å²) in [5.41, 5.74) is 0. The molecule has 5 nitrogen and oxygen atoms in total. The first kappa shape index (κ1) is 14.9. The highest BCUT2D eigenvalue weighted by Gasteiger charge is 2.28. The maximum Gasteiger partial charge on any atom is 0.252 e. The van der Waals surface area contributed by atoms with Crippen molar-refractivity contribution in [2.75, 3.05) is 53.4 Å². The Balaban J connectivity index is 1.90. The van der Waals surface area contributed by atoms with Crippen LogP contribution in [0.5, 0.6) is 0 Å². The zero-order chi connectivity index (χ0) is 13.9. The van der Waals surface area contributed by atoms with Gasteiger partial charge in [0.2, 0.25) is 0 Å². The van der Waals surface area contributed by atoms with Crippen LogP contribution < -0.4 is 0 Å². The third-order valence-corrected chi connectivity index (χ3v) is 6.56. The van der Waals surface area contributed by atoms with E-state index >= 15 is 0 Å². The smallest absolute Gasteiger partial charge is 0.252 e. The average molecular weight is 303 g/mol. The maximum atomic E-state index is 12.3. The van der Waals surface area contributed by atoms with Crippen LogP contribution >= 0.6 is 11.3 Å². The molecule has 0 aromatic carbocycles. The molecule has 0 saturated carbocycles. The molecule has 1 aliphatic heterocycles. The number of sulfonamides is 1. The second-order valence-corrected chi connectivity index (χ2v) is 8.09. The highest BCUT2D eigenvalue weighted by molar-refractivity contribution is 7.91. The van der Waals surface area contributed by atoms with Gasteiger partial charge in [-0.25, -0.2) is 8.42 Å². The Labute approximate surface area is 119 Å². The van der Waals surface area contributed by atoms with Crippen LogP contribution in [0.3, 0.4) is 0 Å². The molecular weight excluding hydrogens is 282 g/mol. The molecule has 1 fully saturated rings. The van der Waals surface area contributed by atoms with Crippen LogP contribution in [0.15, 0.2) is 21.7 Å². The summed E-state index contributed by atoms with van der Waals surface area (Å²) in [6, 6.07) is 3.46. The van der Waals surface area contributed by atoms with Crippen molar-refractivity contribution in [3.63, 3.8) is 0 Å². The Hall–Kier alpha value is -0.470. The van der Waals surface area contributed by atoms with Crippen molar-refractivity contribution in [1.29, 1.82) is 0 Å². The Morgan fingerprint density at radius 1 is 1.26 bits per heavy atom. The Bertz CT molecular complexity index is 477. The van der Waals surface area contributed by atoms with Gasteiger partial charge in [0.15, 0.2) is 0 Å². The van der Waals surface area contributed by atoms with E-state index in [1.165, 1.54) is 11.3 Å². The number of likely N-dealkylation sites (N-methyl/N-ethyl adjacent to an activating group) is 1. The predicted molar refractivity (Wildman–Crippen MR) is 78.1 cm³/mol. The van der Waals surface area contributed by atoms with Gasteiger partial charge in [-0.05, 0) is 25.5 Å². The number of rotatable bonds is 5. The molecule has 1 aliphatic rings. The summed E-state index contributed by atoms with van der Waals surface area (Å²) < 4.78 is 26.7. The molecular formula is C12H21N3O2S2. The first-order chi connectivity index (χ1) is 9.00. The molecule has 2 rings (SSSR count). The number of hydrogen-bond acceptors (Lipinski definition) is 5. The summed E-state index contributed by atoms with van der Waals surface area (Å²) in [6.07, 6.45) is 0. The van der Waals surface area contributed by atoms with Crippen molar-refractivity contribution in [3.05, 3.63) is 17.5 Å². The van der Waals surface area contributed by atoms with Gasteiger partial charge in [-0.2, -0.15) is 4.31 Å². The van der Waals surface area contributed by atoms with Crippen LogP contribution in [0.2, 0.25) is 0 Å². The van der Waals surface area contributed by atoms with Crippen LogP contribution in [0.25, 0.3) is 0 Å². The van der Waals surface area contributed by atoms with Crippen molar-refractivity contribution in [2.24, 2.45) is 0 Å². The van der Waals surface area contributed by atoms with E-state index in [1.54, 1.807) is 21.8 Å². The van der Waals surface area contributed by atoms with E-state index in [2.05, 4.69) is 23.9 Å². The minimum Gasteiger partial charge on any atom is -0.308 e. The molecule has 1 aromatic heterocycles. The second-order valence-electron chi connectivity index (χ2n) is 4.98. The minimum absolute atomic E-state index is 0.453. The van der Waals surface area contributed by atoms with E-state index in [0.717, 1.165) is 26.2 Å². The molecule has 2 heterocycles. The van der Waals surface area contributed by atoms with Crippen LogP contribution in [0.1, 0.15) is 0 Å². The zero-order valence-electron chi connectivity index (χ0n) is 11.4. The fraction of sp³-hybridized carbons (Fsp3) is 0.667. The predicted octanol–water partition coefficient (Wildman–Crippen LogP) is 0.616. The standard InChI is InChI=1S/C12H21N3O2S2/c1-13(2)5-6-14-7-9-15(10-8-14)19(16,17)12-4-3-11-18-12/h3-4,11H,5-10H2,1-2H3. The largest absolute Gasteiger partial charge is 0.308 e. The van der Waals surface area contributed by atoms with Crippen LogP contribution in [-0.2, 0) is 10.0 Å². The summed E-state index contributed by atoms with van der Waals surface area (Å²) in [7, 11) is 0.848. The van der Waals surface area contributed by atoms with Crippen molar-refractivity contribution in [1.82, 2.24) is 14.1 Å². The Kier molecular flexibility index (Phi) is 4.97. The summed E-state index contributed by atoms with van der Waals surface area (Å²) in [4.78, 5) is 4.47. The molecule has 0 N–H and O–H groups in total. The molecule has 0 aliphatic carbocycles. The molecule has 1 aromatic rings. The molecule has 0 bridgehead atoms. The molecule has 0 radical (unpaired) electrons. The normalized spacial score (nSPS) is 19.1. The van der Waals surface area contributed by atoms with Gasteiger partial charge in [0.25, 0.3) is 10.0 Å². The molecule has 19 heavy (non-hydrogen) atoms. The van der Waals surface area contributed by atoms with Gasteiger partial charge in [-0.15, -0.1) is 11.3 Å². The molecule has 108 valence electrons. The minimum atomic E-state index is -3.26. The van der Waals surface area contributed by atoms with Crippen LogP contribution in [0.4, 0.5) is 0 Å². The van der Waals surface area contributed by atoms with Gasteiger partial charge >= 0.3 is 0 Å². The summed E-state index contributed by atoms with van der Waals surface area (Å²) in [6.45, 7) is 4.83.